The topological polar surface area (TPSA) is 99.9 Å². The highest BCUT2D eigenvalue weighted by molar-refractivity contribution is 9.10. The Hall–Kier alpha value is -1.45. The number of piperidine rings is 1. The predicted octanol–water partition coefficient (Wildman–Crippen LogP) is 1.68. The molecule has 0 saturated carbocycles. The van der Waals surface area contributed by atoms with Gasteiger partial charge in [0.2, 0.25) is 11.9 Å². The van der Waals surface area contributed by atoms with Crippen LogP contribution < -0.4 is 15.4 Å². The molecule has 0 bridgehead atoms. The lowest BCUT2D eigenvalue weighted by molar-refractivity contribution is 0.402. The van der Waals surface area contributed by atoms with E-state index in [-0.39, 0.29) is 0 Å². The summed E-state index contributed by atoms with van der Waals surface area (Å²) in [7, 11) is -1.17. The molecule has 1 aromatic carbocycles. The molecule has 0 spiro atoms. The summed E-state index contributed by atoms with van der Waals surface area (Å²) in [6, 6.07) is 7.53. The van der Waals surface area contributed by atoms with Gasteiger partial charge in [0.15, 0.2) is 0 Å². The molecule has 0 amide bonds. The Kier molecular flexibility index (Phi) is 5.29. The summed E-state index contributed by atoms with van der Waals surface area (Å²) in [6.07, 6.45) is 2.03. The molecule has 1 unspecified atom stereocenters. The lowest BCUT2D eigenvalue weighted by atomic mass is 9.97. The van der Waals surface area contributed by atoms with Crippen LogP contribution in [-0.2, 0) is 11.0 Å². The van der Waals surface area contributed by atoms with Gasteiger partial charge in [0.25, 0.3) is 0 Å². The fourth-order valence-corrected chi connectivity index (χ4v) is 3.78. The maximum absolute atomic E-state index is 12.2. The highest BCUT2D eigenvalue weighted by Crippen LogP contribution is 2.21. The second kappa shape index (κ2) is 7.41. The zero-order chi connectivity index (χ0) is 16.2. The lowest BCUT2D eigenvalue weighted by Gasteiger charge is -2.31. The van der Waals surface area contributed by atoms with Crippen molar-refractivity contribution >= 4 is 38.8 Å². The largest absolute Gasteiger partial charge is 0.368 e. The van der Waals surface area contributed by atoms with Gasteiger partial charge in [-0.15, -0.1) is 5.10 Å². The molecule has 2 heterocycles. The monoisotopic (exact) mass is 398 g/mol. The van der Waals surface area contributed by atoms with Crippen molar-refractivity contribution in [1.82, 2.24) is 19.9 Å². The lowest BCUT2D eigenvalue weighted by Crippen LogP contribution is -2.38. The van der Waals surface area contributed by atoms with Crippen molar-refractivity contribution in [3.63, 3.8) is 0 Å². The Bertz CT molecular complexity index is 668. The van der Waals surface area contributed by atoms with Crippen LogP contribution in [0.3, 0.4) is 0 Å². The number of halogens is 1. The van der Waals surface area contributed by atoms with E-state index < -0.39 is 11.0 Å². The van der Waals surface area contributed by atoms with Crippen LogP contribution in [0.5, 0.6) is 0 Å². The number of nitrogen functional groups attached to an aromatic ring is 1. The van der Waals surface area contributed by atoms with E-state index in [4.69, 9.17) is 5.73 Å². The fraction of sp³-hybridized carbons (Fsp3) is 0.429. The smallest absolute Gasteiger partial charge is 0.246 e. The van der Waals surface area contributed by atoms with E-state index in [1.807, 2.05) is 24.3 Å². The summed E-state index contributed by atoms with van der Waals surface area (Å²) in [5.74, 6) is 1.50. The van der Waals surface area contributed by atoms with Gasteiger partial charge in [-0.25, -0.2) is 14.0 Å². The normalized spacial score (nSPS) is 17.3. The van der Waals surface area contributed by atoms with Crippen molar-refractivity contribution in [3.8, 4) is 0 Å². The Labute approximate surface area is 145 Å². The second-order valence-corrected chi connectivity index (χ2v) is 7.74. The molecule has 1 aliphatic heterocycles. The van der Waals surface area contributed by atoms with Crippen molar-refractivity contribution < 1.29 is 4.21 Å². The van der Waals surface area contributed by atoms with Gasteiger partial charge in [-0.2, -0.15) is 4.98 Å². The number of rotatable bonds is 5. The van der Waals surface area contributed by atoms with Gasteiger partial charge in [-0.1, -0.05) is 15.9 Å². The third kappa shape index (κ3) is 4.30. The minimum atomic E-state index is -1.17. The first-order chi connectivity index (χ1) is 11.1. The number of H-pyrrole nitrogens is 1. The number of nitrogens with zero attached hydrogens (tertiary/aromatic N) is 3. The van der Waals surface area contributed by atoms with Crippen molar-refractivity contribution in [1.29, 1.82) is 0 Å². The van der Waals surface area contributed by atoms with E-state index in [9.17, 15) is 4.21 Å². The number of hydrogen-bond acceptors (Lipinski definition) is 5. The highest BCUT2D eigenvalue weighted by Gasteiger charge is 2.22. The number of benzene rings is 1. The molecule has 1 atom stereocenters. The number of aromatic nitrogens is 3. The molecule has 0 radical (unpaired) electrons. The molecule has 124 valence electrons. The summed E-state index contributed by atoms with van der Waals surface area (Å²) in [4.78, 5) is 7.06. The summed E-state index contributed by atoms with van der Waals surface area (Å²) in [5, 5.41) is 6.74. The Morgan fingerprint density at radius 1 is 1.35 bits per heavy atom. The van der Waals surface area contributed by atoms with Crippen LogP contribution in [0.1, 0.15) is 12.8 Å². The summed E-state index contributed by atoms with van der Waals surface area (Å²) >= 11 is 3.38. The predicted molar refractivity (Wildman–Crippen MR) is 94.3 cm³/mol. The van der Waals surface area contributed by atoms with Gasteiger partial charge >= 0.3 is 0 Å². The van der Waals surface area contributed by atoms with Crippen LogP contribution in [-0.4, -0.2) is 39.0 Å². The van der Waals surface area contributed by atoms with E-state index in [2.05, 4.69) is 40.7 Å². The molecule has 3 rings (SSSR count). The Morgan fingerprint density at radius 3 is 2.65 bits per heavy atom. The molecule has 1 aliphatic rings. The molecule has 1 saturated heterocycles. The minimum absolute atomic E-state index is 0.341. The molecular formula is C14H19BrN6OS. The molecule has 4 N–H and O–H groups in total. The first-order valence-electron chi connectivity index (χ1n) is 7.45. The first-order valence-corrected chi connectivity index (χ1v) is 9.40. The van der Waals surface area contributed by atoms with Crippen molar-refractivity contribution in [2.75, 3.05) is 30.3 Å². The highest BCUT2D eigenvalue weighted by atomic mass is 79.9. The van der Waals surface area contributed by atoms with Gasteiger partial charge in [-0.05, 0) is 43.0 Å². The van der Waals surface area contributed by atoms with Crippen LogP contribution in [0.2, 0.25) is 0 Å². The summed E-state index contributed by atoms with van der Waals surface area (Å²) < 4.78 is 16.3. The van der Waals surface area contributed by atoms with Gasteiger partial charge in [0, 0.05) is 24.1 Å². The molecule has 1 aromatic heterocycles. The molecule has 2 aromatic rings. The van der Waals surface area contributed by atoms with Gasteiger partial charge in [-0.3, -0.25) is 0 Å². The molecule has 23 heavy (non-hydrogen) atoms. The van der Waals surface area contributed by atoms with Gasteiger partial charge in [0.1, 0.15) is 11.0 Å². The van der Waals surface area contributed by atoms with E-state index >= 15 is 0 Å². The zero-order valence-electron chi connectivity index (χ0n) is 12.5. The molecule has 1 fully saturated rings. The van der Waals surface area contributed by atoms with Gasteiger partial charge in [0.05, 0.1) is 4.90 Å². The average Bonchev–Trinajstić information content (AvgIpc) is 3.00. The number of aromatic amines is 1. The number of anilines is 2. The van der Waals surface area contributed by atoms with Crippen LogP contribution in [0, 0.1) is 5.92 Å². The van der Waals surface area contributed by atoms with Crippen LogP contribution in [0.15, 0.2) is 33.6 Å². The molecule has 9 heteroatoms. The van der Waals surface area contributed by atoms with Crippen LogP contribution in [0.4, 0.5) is 11.9 Å². The van der Waals surface area contributed by atoms with Gasteiger partial charge < -0.3 is 10.6 Å². The van der Waals surface area contributed by atoms with E-state index in [0.29, 0.717) is 17.8 Å². The quantitative estimate of drug-likeness (QED) is 0.711. The Balaban J connectivity index is 1.45. The molecule has 0 aliphatic carbocycles. The third-order valence-corrected chi connectivity index (χ3v) is 5.58. The van der Waals surface area contributed by atoms with Crippen LogP contribution in [0.25, 0.3) is 0 Å². The second-order valence-electron chi connectivity index (χ2n) is 5.52. The summed E-state index contributed by atoms with van der Waals surface area (Å²) in [5.41, 5.74) is 5.56. The van der Waals surface area contributed by atoms with E-state index in [1.54, 1.807) is 0 Å². The van der Waals surface area contributed by atoms with E-state index in [0.717, 1.165) is 41.8 Å². The SMILES string of the molecule is Nc1nc(N2CCC(CNS(=O)c3ccc(Br)cc3)CC2)n[nH]1. The summed E-state index contributed by atoms with van der Waals surface area (Å²) in [6.45, 7) is 2.51. The first kappa shape index (κ1) is 16.4. The third-order valence-electron chi connectivity index (χ3n) is 3.92. The van der Waals surface area contributed by atoms with Crippen molar-refractivity contribution in [2.45, 2.75) is 17.7 Å². The molecular weight excluding hydrogens is 380 g/mol. The Morgan fingerprint density at radius 2 is 2.04 bits per heavy atom. The standard InChI is InChI=1S/C14H19BrN6OS/c15-11-1-3-12(4-2-11)23(22)17-9-10-5-7-21(8-6-10)14-18-13(16)19-20-14/h1-4,10,17H,5-9H2,(H3,16,18,19,20). The van der Waals surface area contributed by atoms with E-state index in [1.165, 1.54) is 0 Å². The maximum Gasteiger partial charge on any atom is 0.246 e. The van der Waals surface area contributed by atoms with Crippen LogP contribution >= 0.6 is 15.9 Å². The van der Waals surface area contributed by atoms with Crippen molar-refractivity contribution in [3.05, 3.63) is 28.7 Å². The fourth-order valence-electron chi connectivity index (χ4n) is 2.58. The maximum atomic E-state index is 12.2. The molecule has 7 nitrogen and oxygen atoms in total. The zero-order valence-corrected chi connectivity index (χ0v) is 14.9. The average molecular weight is 399 g/mol. The number of nitrogens with one attached hydrogen (secondary N) is 2. The van der Waals surface area contributed by atoms with Crippen molar-refractivity contribution in [2.24, 2.45) is 5.92 Å². The number of nitrogens with two attached hydrogens (primary N) is 1. The number of hydrogen-bond donors (Lipinski definition) is 3. The minimum Gasteiger partial charge on any atom is -0.368 e.